The average Bonchev–Trinajstić information content (AvgIpc) is 2.34. The molecular formula is C10H18N6O. The SMILES string of the molecule is CN(C)CCCNC(=O)c1cncc(NN)n1. The predicted octanol–water partition coefficient (Wildman–Crippen LogP) is -0.556. The van der Waals surface area contributed by atoms with E-state index in [1.54, 1.807) is 0 Å². The maximum Gasteiger partial charge on any atom is 0.271 e. The van der Waals surface area contributed by atoms with Gasteiger partial charge in [-0.25, -0.2) is 10.8 Å². The lowest BCUT2D eigenvalue weighted by molar-refractivity contribution is 0.0947. The average molecular weight is 238 g/mol. The number of hydrogen-bond acceptors (Lipinski definition) is 6. The van der Waals surface area contributed by atoms with Crippen LogP contribution >= 0.6 is 0 Å². The van der Waals surface area contributed by atoms with Gasteiger partial charge in [-0.2, -0.15) is 0 Å². The van der Waals surface area contributed by atoms with Crippen LogP contribution in [0.2, 0.25) is 0 Å². The van der Waals surface area contributed by atoms with Crippen LogP contribution < -0.4 is 16.6 Å². The molecule has 0 bridgehead atoms. The first-order valence-corrected chi connectivity index (χ1v) is 5.35. The molecule has 0 unspecified atom stereocenters. The molecule has 1 rings (SSSR count). The van der Waals surface area contributed by atoms with Crippen LogP contribution in [0.1, 0.15) is 16.9 Å². The lowest BCUT2D eigenvalue weighted by Crippen LogP contribution is -2.28. The van der Waals surface area contributed by atoms with E-state index < -0.39 is 0 Å². The van der Waals surface area contributed by atoms with E-state index in [4.69, 9.17) is 5.84 Å². The number of nitrogens with two attached hydrogens (primary N) is 1. The smallest absolute Gasteiger partial charge is 0.271 e. The second kappa shape index (κ2) is 6.77. The van der Waals surface area contributed by atoms with E-state index in [0.29, 0.717) is 12.4 Å². The molecule has 0 saturated heterocycles. The molecule has 94 valence electrons. The third-order valence-electron chi connectivity index (χ3n) is 2.08. The maximum absolute atomic E-state index is 11.7. The first-order valence-electron chi connectivity index (χ1n) is 5.35. The number of rotatable bonds is 6. The number of nitrogen functional groups attached to an aromatic ring is 1. The van der Waals surface area contributed by atoms with Crippen molar-refractivity contribution in [3.05, 3.63) is 18.1 Å². The first kappa shape index (κ1) is 13.3. The molecule has 1 aromatic rings. The highest BCUT2D eigenvalue weighted by Gasteiger charge is 2.07. The Bertz CT molecular complexity index is 368. The minimum absolute atomic E-state index is 0.242. The van der Waals surface area contributed by atoms with Crippen LogP contribution in [0.5, 0.6) is 0 Å². The van der Waals surface area contributed by atoms with Gasteiger partial charge in [0.15, 0.2) is 5.82 Å². The highest BCUT2D eigenvalue weighted by molar-refractivity contribution is 5.92. The maximum atomic E-state index is 11.7. The van der Waals surface area contributed by atoms with Crippen LogP contribution in [-0.4, -0.2) is 48.0 Å². The van der Waals surface area contributed by atoms with Gasteiger partial charge < -0.3 is 15.6 Å². The molecule has 0 aliphatic carbocycles. The minimum atomic E-state index is -0.242. The van der Waals surface area contributed by atoms with Crippen LogP contribution in [0.3, 0.4) is 0 Å². The molecule has 7 heteroatoms. The lowest BCUT2D eigenvalue weighted by atomic mass is 10.3. The molecule has 4 N–H and O–H groups in total. The fraction of sp³-hybridized carbons (Fsp3) is 0.500. The number of hydrogen-bond donors (Lipinski definition) is 3. The molecule has 1 amide bonds. The van der Waals surface area contributed by atoms with Gasteiger partial charge in [-0.15, -0.1) is 0 Å². The van der Waals surface area contributed by atoms with E-state index in [0.717, 1.165) is 13.0 Å². The highest BCUT2D eigenvalue weighted by Crippen LogP contribution is 1.99. The van der Waals surface area contributed by atoms with Crippen molar-refractivity contribution in [3.8, 4) is 0 Å². The summed E-state index contributed by atoms with van der Waals surface area (Å²) in [5, 5.41) is 2.77. The number of aromatic nitrogens is 2. The number of carbonyl (C=O) groups is 1. The fourth-order valence-corrected chi connectivity index (χ4v) is 1.23. The molecule has 0 aliphatic rings. The molecular weight excluding hydrogens is 220 g/mol. The lowest BCUT2D eigenvalue weighted by Gasteiger charge is -2.09. The van der Waals surface area contributed by atoms with E-state index in [1.807, 2.05) is 14.1 Å². The van der Waals surface area contributed by atoms with Crippen molar-refractivity contribution >= 4 is 11.7 Å². The summed E-state index contributed by atoms with van der Waals surface area (Å²) in [7, 11) is 3.98. The number of carbonyl (C=O) groups excluding carboxylic acids is 1. The molecule has 7 nitrogen and oxygen atoms in total. The summed E-state index contributed by atoms with van der Waals surface area (Å²) in [6.45, 7) is 1.54. The van der Waals surface area contributed by atoms with Crippen molar-refractivity contribution in [2.75, 3.05) is 32.6 Å². The van der Waals surface area contributed by atoms with E-state index in [2.05, 4.69) is 25.6 Å². The van der Waals surface area contributed by atoms with Gasteiger partial charge in [-0.3, -0.25) is 9.78 Å². The fourth-order valence-electron chi connectivity index (χ4n) is 1.23. The summed E-state index contributed by atoms with van der Waals surface area (Å²) >= 11 is 0. The Balaban J connectivity index is 2.41. The van der Waals surface area contributed by atoms with Crippen molar-refractivity contribution < 1.29 is 4.79 Å². The van der Waals surface area contributed by atoms with Gasteiger partial charge in [0, 0.05) is 6.54 Å². The number of nitrogens with zero attached hydrogens (tertiary/aromatic N) is 3. The molecule has 1 heterocycles. The predicted molar refractivity (Wildman–Crippen MR) is 65.3 cm³/mol. The van der Waals surface area contributed by atoms with Crippen molar-refractivity contribution in [2.45, 2.75) is 6.42 Å². The topological polar surface area (TPSA) is 96.2 Å². The molecule has 0 saturated carbocycles. The normalized spacial score (nSPS) is 10.4. The van der Waals surface area contributed by atoms with E-state index >= 15 is 0 Å². The van der Waals surface area contributed by atoms with Gasteiger partial charge in [0.1, 0.15) is 5.69 Å². The number of anilines is 1. The standard InChI is InChI=1S/C10H18N6O/c1-16(2)5-3-4-13-10(17)8-6-12-7-9(14-8)15-11/h6-7H,3-5,11H2,1-2H3,(H,13,17)(H,14,15). The molecule has 0 aliphatic heterocycles. The second-order valence-electron chi connectivity index (χ2n) is 3.85. The third kappa shape index (κ3) is 4.75. The zero-order valence-electron chi connectivity index (χ0n) is 10.1. The van der Waals surface area contributed by atoms with Gasteiger partial charge in [-0.05, 0) is 27.1 Å². The first-order chi connectivity index (χ1) is 8.13. The zero-order chi connectivity index (χ0) is 12.7. The summed E-state index contributed by atoms with van der Waals surface area (Å²) in [5.41, 5.74) is 2.60. The Morgan fingerprint density at radius 2 is 2.24 bits per heavy atom. The second-order valence-corrected chi connectivity index (χ2v) is 3.85. The Hall–Kier alpha value is -1.73. The quantitative estimate of drug-likeness (QED) is 0.349. The molecule has 0 fully saturated rings. The van der Waals surface area contributed by atoms with Crippen molar-refractivity contribution in [2.24, 2.45) is 5.84 Å². The molecule has 0 spiro atoms. The van der Waals surface area contributed by atoms with E-state index in [1.165, 1.54) is 12.4 Å². The van der Waals surface area contributed by atoms with Crippen LogP contribution in [0.4, 0.5) is 5.82 Å². The van der Waals surface area contributed by atoms with Gasteiger partial charge in [-0.1, -0.05) is 0 Å². The monoisotopic (exact) mass is 238 g/mol. The van der Waals surface area contributed by atoms with Crippen molar-refractivity contribution in [1.82, 2.24) is 20.2 Å². The highest BCUT2D eigenvalue weighted by atomic mass is 16.1. The molecule has 0 atom stereocenters. The van der Waals surface area contributed by atoms with Gasteiger partial charge >= 0.3 is 0 Å². The molecule has 0 aromatic carbocycles. The number of amides is 1. The summed E-state index contributed by atoms with van der Waals surface area (Å²) < 4.78 is 0. The Labute approximate surface area is 100 Å². The van der Waals surface area contributed by atoms with Crippen LogP contribution in [0, 0.1) is 0 Å². The summed E-state index contributed by atoms with van der Waals surface area (Å²) in [6.07, 6.45) is 3.74. The Morgan fingerprint density at radius 3 is 2.88 bits per heavy atom. The number of nitrogens with one attached hydrogen (secondary N) is 2. The van der Waals surface area contributed by atoms with Crippen LogP contribution in [0.25, 0.3) is 0 Å². The zero-order valence-corrected chi connectivity index (χ0v) is 10.1. The minimum Gasteiger partial charge on any atom is -0.351 e. The Morgan fingerprint density at radius 1 is 1.47 bits per heavy atom. The van der Waals surface area contributed by atoms with E-state index in [9.17, 15) is 4.79 Å². The van der Waals surface area contributed by atoms with E-state index in [-0.39, 0.29) is 11.6 Å². The van der Waals surface area contributed by atoms with Crippen LogP contribution in [0.15, 0.2) is 12.4 Å². The van der Waals surface area contributed by atoms with Gasteiger partial charge in [0.25, 0.3) is 5.91 Å². The Kier molecular flexibility index (Phi) is 5.31. The molecule has 0 radical (unpaired) electrons. The molecule has 17 heavy (non-hydrogen) atoms. The number of hydrazine groups is 1. The van der Waals surface area contributed by atoms with Gasteiger partial charge in [0.2, 0.25) is 0 Å². The van der Waals surface area contributed by atoms with Gasteiger partial charge in [0.05, 0.1) is 12.4 Å². The van der Waals surface area contributed by atoms with Crippen molar-refractivity contribution in [1.29, 1.82) is 0 Å². The summed E-state index contributed by atoms with van der Waals surface area (Å²) in [4.78, 5) is 21.6. The third-order valence-corrected chi connectivity index (χ3v) is 2.08. The largest absolute Gasteiger partial charge is 0.351 e. The molecule has 1 aromatic heterocycles. The summed E-state index contributed by atoms with van der Waals surface area (Å²) in [5.74, 6) is 5.31. The van der Waals surface area contributed by atoms with Crippen LogP contribution in [-0.2, 0) is 0 Å². The summed E-state index contributed by atoms with van der Waals surface area (Å²) in [6, 6.07) is 0. The van der Waals surface area contributed by atoms with Crippen molar-refractivity contribution in [3.63, 3.8) is 0 Å².